The number of nitrogens with zero attached hydrogens (tertiary/aromatic N) is 1. The maximum Gasteiger partial charge on any atom is 0.338 e. The summed E-state index contributed by atoms with van der Waals surface area (Å²) >= 11 is 0. The van der Waals surface area contributed by atoms with Crippen molar-refractivity contribution >= 4 is 11.7 Å². The topological polar surface area (TPSA) is 75.8 Å². The number of hydrogen-bond acceptors (Lipinski definition) is 4. The Bertz CT molecular complexity index is 476. The first kappa shape index (κ1) is 13.8. The first-order valence-corrected chi connectivity index (χ1v) is 6.43. The SMILES string of the molecule is CC1OCCC1N(C)Cc1cccc(N)c1C(=O)O. The van der Waals surface area contributed by atoms with Crippen LogP contribution in [0.25, 0.3) is 0 Å². The third-order valence-corrected chi connectivity index (χ3v) is 3.72. The number of likely N-dealkylation sites (N-methyl/N-ethyl adjacent to an activating group) is 1. The third kappa shape index (κ3) is 2.88. The molecule has 0 spiro atoms. The molecule has 0 saturated carbocycles. The van der Waals surface area contributed by atoms with Gasteiger partial charge in [-0.1, -0.05) is 12.1 Å². The number of rotatable bonds is 4. The number of carboxylic acid groups (broad SMARTS) is 1. The molecule has 5 heteroatoms. The van der Waals surface area contributed by atoms with Crippen molar-refractivity contribution in [2.24, 2.45) is 0 Å². The molecule has 0 radical (unpaired) electrons. The standard InChI is InChI=1S/C14H20N2O3/c1-9-12(6-7-19-9)16(2)8-10-4-3-5-11(15)13(10)14(17)18/h3-5,9,12H,6-8,15H2,1-2H3,(H,17,18). The number of nitrogens with two attached hydrogens (primary N) is 1. The van der Waals surface area contributed by atoms with Crippen LogP contribution in [0.3, 0.4) is 0 Å². The Morgan fingerprint density at radius 3 is 2.89 bits per heavy atom. The molecule has 2 unspecified atom stereocenters. The van der Waals surface area contributed by atoms with E-state index in [4.69, 9.17) is 10.5 Å². The van der Waals surface area contributed by atoms with Crippen LogP contribution in [0.1, 0.15) is 29.3 Å². The van der Waals surface area contributed by atoms with Crippen LogP contribution in [0.5, 0.6) is 0 Å². The number of benzene rings is 1. The van der Waals surface area contributed by atoms with E-state index in [0.29, 0.717) is 18.3 Å². The molecular formula is C14H20N2O3. The van der Waals surface area contributed by atoms with Gasteiger partial charge in [-0.05, 0) is 32.0 Å². The normalized spacial score (nSPS) is 22.9. The summed E-state index contributed by atoms with van der Waals surface area (Å²) in [5, 5.41) is 9.25. The van der Waals surface area contributed by atoms with Crippen LogP contribution in [0.2, 0.25) is 0 Å². The fourth-order valence-corrected chi connectivity index (χ4v) is 2.70. The van der Waals surface area contributed by atoms with Crippen LogP contribution in [-0.2, 0) is 11.3 Å². The van der Waals surface area contributed by atoms with Crippen molar-refractivity contribution < 1.29 is 14.6 Å². The van der Waals surface area contributed by atoms with Crippen LogP contribution >= 0.6 is 0 Å². The summed E-state index contributed by atoms with van der Waals surface area (Å²) in [6, 6.07) is 5.55. The van der Waals surface area contributed by atoms with E-state index < -0.39 is 5.97 Å². The largest absolute Gasteiger partial charge is 0.478 e. The van der Waals surface area contributed by atoms with Gasteiger partial charge in [-0.15, -0.1) is 0 Å². The number of nitrogen functional groups attached to an aromatic ring is 1. The predicted molar refractivity (Wildman–Crippen MR) is 73.1 cm³/mol. The van der Waals surface area contributed by atoms with Gasteiger partial charge >= 0.3 is 5.97 Å². The van der Waals surface area contributed by atoms with Gasteiger partial charge in [0.15, 0.2) is 0 Å². The quantitative estimate of drug-likeness (QED) is 0.807. The summed E-state index contributed by atoms with van der Waals surface area (Å²) in [5.41, 5.74) is 7.02. The molecule has 0 bridgehead atoms. The molecule has 1 saturated heterocycles. The molecule has 0 amide bonds. The highest BCUT2D eigenvalue weighted by Gasteiger charge is 2.28. The minimum Gasteiger partial charge on any atom is -0.478 e. The summed E-state index contributed by atoms with van der Waals surface area (Å²) in [6.07, 6.45) is 1.15. The van der Waals surface area contributed by atoms with Gasteiger partial charge in [0.2, 0.25) is 0 Å². The van der Waals surface area contributed by atoms with Crippen molar-refractivity contribution in [3.63, 3.8) is 0 Å². The molecule has 1 aromatic carbocycles. The van der Waals surface area contributed by atoms with Gasteiger partial charge in [0.05, 0.1) is 11.7 Å². The summed E-state index contributed by atoms with van der Waals surface area (Å²) in [4.78, 5) is 13.4. The summed E-state index contributed by atoms with van der Waals surface area (Å²) < 4.78 is 5.54. The molecule has 1 aliphatic rings. The highest BCUT2D eigenvalue weighted by atomic mass is 16.5. The Morgan fingerprint density at radius 1 is 1.58 bits per heavy atom. The van der Waals surface area contributed by atoms with E-state index in [2.05, 4.69) is 4.90 Å². The van der Waals surface area contributed by atoms with Gasteiger partial charge in [-0.3, -0.25) is 4.90 Å². The second-order valence-corrected chi connectivity index (χ2v) is 5.03. The maximum atomic E-state index is 11.3. The number of hydrogen-bond donors (Lipinski definition) is 2. The highest BCUT2D eigenvalue weighted by Crippen LogP contribution is 2.23. The minimum atomic E-state index is -0.975. The van der Waals surface area contributed by atoms with E-state index >= 15 is 0 Å². The zero-order chi connectivity index (χ0) is 14.0. The van der Waals surface area contributed by atoms with Gasteiger partial charge < -0.3 is 15.6 Å². The zero-order valence-electron chi connectivity index (χ0n) is 11.3. The molecule has 5 nitrogen and oxygen atoms in total. The fraction of sp³-hybridized carbons (Fsp3) is 0.500. The molecule has 19 heavy (non-hydrogen) atoms. The molecule has 2 atom stereocenters. The number of anilines is 1. The van der Waals surface area contributed by atoms with Crippen molar-refractivity contribution in [2.45, 2.75) is 32.0 Å². The Hall–Kier alpha value is -1.59. The lowest BCUT2D eigenvalue weighted by molar-refractivity contribution is 0.0692. The van der Waals surface area contributed by atoms with Crippen LogP contribution < -0.4 is 5.73 Å². The molecule has 104 valence electrons. The fourth-order valence-electron chi connectivity index (χ4n) is 2.70. The molecular weight excluding hydrogens is 244 g/mol. The van der Waals surface area contributed by atoms with E-state index in [0.717, 1.165) is 18.6 Å². The second kappa shape index (κ2) is 5.59. The summed E-state index contributed by atoms with van der Waals surface area (Å²) in [7, 11) is 1.99. The molecule has 3 N–H and O–H groups in total. The van der Waals surface area contributed by atoms with E-state index in [1.54, 1.807) is 12.1 Å². The molecule has 0 aliphatic carbocycles. The van der Waals surface area contributed by atoms with Crippen molar-refractivity contribution in [3.05, 3.63) is 29.3 Å². The van der Waals surface area contributed by atoms with E-state index in [-0.39, 0.29) is 11.7 Å². The molecule has 1 heterocycles. The number of ether oxygens (including phenoxy) is 1. The van der Waals surface area contributed by atoms with E-state index in [1.165, 1.54) is 0 Å². The average Bonchev–Trinajstić information content (AvgIpc) is 2.75. The first-order chi connectivity index (χ1) is 9.00. The molecule has 2 rings (SSSR count). The third-order valence-electron chi connectivity index (χ3n) is 3.72. The maximum absolute atomic E-state index is 11.3. The molecule has 1 aromatic rings. The van der Waals surface area contributed by atoms with Crippen molar-refractivity contribution in [1.29, 1.82) is 0 Å². The second-order valence-electron chi connectivity index (χ2n) is 5.03. The highest BCUT2D eigenvalue weighted by molar-refractivity contribution is 5.95. The lowest BCUT2D eigenvalue weighted by Gasteiger charge is -2.27. The first-order valence-electron chi connectivity index (χ1n) is 6.43. The van der Waals surface area contributed by atoms with Crippen molar-refractivity contribution in [2.75, 3.05) is 19.4 Å². The van der Waals surface area contributed by atoms with Gasteiger partial charge in [0.25, 0.3) is 0 Å². The van der Waals surface area contributed by atoms with Gasteiger partial charge in [0, 0.05) is 24.9 Å². The summed E-state index contributed by atoms with van der Waals surface area (Å²) in [5.74, 6) is -0.975. The van der Waals surface area contributed by atoms with E-state index in [1.807, 2.05) is 20.0 Å². The Kier molecular flexibility index (Phi) is 4.07. The molecule has 1 aliphatic heterocycles. The summed E-state index contributed by atoms with van der Waals surface area (Å²) in [6.45, 7) is 3.37. The van der Waals surface area contributed by atoms with Crippen LogP contribution in [0, 0.1) is 0 Å². The Labute approximate surface area is 113 Å². The number of carbonyl (C=O) groups is 1. The van der Waals surface area contributed by atoms with Crippen molar-refractivity contribution in [3.8, 4) is 0 Å². The lowest BCUT2D eigenvalue weighted by Crippen LogP contribution is -2.36. The van der Waals surface area contributed by atoms with Crippen molar-refractivity contribution in [1.82, 2.24) is 4.90 Å². The number of carboxylic acids is 1. The average molecular weight is 264 g/mol. The lowest BCUT2D eigenvalue weighted by atomic mass is 10.0. The Morgan fingerprint density at radius 2 is 2.32 bits per heavy atom. The van der Waals surface area contributed by atoms with Crippen LogP contribution in [-0.4, -0.2) is 41.8 Å². The predicted octanol–water partition coefficient (Wildman–Crippen LogP) is 1.58. The van der Waals surface area contributed by atoms with Gasteiger partial charge in [0.1, 0.15) is 0 Å². The van der Waals surface area contributed by atoms with Gasteiger partial charge in [-0.25, -0.2) is 4.79 Å². The molecule has 0 aromatic heterocycles. The van der Waals surface area contributed by atoms with Gasteiger partial charge in [-0.2, -0.15) is 0 Å². The zero-order valence-corrected chi connectivity index (χ0v) is 11.3. The minimum absolute atomic E-state index is 0.180. The van der Waals surface area contributed by atoms with E-state index in [9.17, 15) is 9.90 Å². The smallest absolute Gasteiger partial charge is 0.338 e. The number of aromatic carboxylic acids is 1. The molecule has 1 fully saturated rings. The monoisotopic (exact) mass is 264 g/mol. The van der Waals surface area contributed by atoms with Crippen LogP contribution in [0.15, 0.2) is 18.2 Å². The Balaban J connectivity index is 2.19. The van der Waals surface area contributed by atoms with Crippen LogP contribution in [0.4, 0.5) is 5.69 Å².